The van der Waals surface area contributed by atoms with Gasteiger partial charge < -0.3 is 14.2 Å². The van der Waals surface area contributed by atoms with Crippen molar-refractivity contribution in [3.8, 4) is 0 Å². The maximum Gasteiger partial charge on any atom is 0.306 e. The number of unbranched alkanes of at least 4 members (excludes halogenated alkanes) is 28. The van der Waals surface area contributed by atoms with Gasteiger partial charge in [0.25, 0.3) is 0 Å². The molecule has 0 aromatic heterocycles. The average molecular weight is 1140 g/mol. The Kier molecular flexibility index (Phi) is 65.3. The molecule has 0 aliphatic carbocycles. The highest BCUT2D eigenvalue weighted by Gasteiger charge is 2.19. The van der Waals surface area contributed by atoms with Gasteiger partial charge in [0.1, 0.15) is 13.2 Å². The van der Waals surface area contributed by atoms with Gasteiger partial charge in [-0.2, -0.15) is 0 Å². The smallest absolute Gasteiger partial charge is 0.306 e. The van der Waals surface area contributed by atoms with Crippen LogP contribution in [0.1, 0.15) is 310 Å². The summed E-state index contributed by atoms with van der Waals surface area (Å²) in [7, 11) is 0. The molecule has 0 aliphatic rings. The summed E-state index contributed by atoms with van der Waals surface area (Å²) < 4.78 is 16.9. The van der Waals surface area contributed by atoms with E-state index in [-0.39, 0.29) is 31.1 Å². The Morgan fingerprint density at radius 3 is 0.780 bits per heavy atom. The molecule has 0 aliphatic heterocycles. The van der Waals surface area contributed by atoms with Gasteiger partial charge in [-0.15, -0.1) is 0 Å². The molecule has 0 N–H and O–H groups in total. The van der Waals surface area contributed by atoms with Crippen LogP contribution in [-0.2, 0) is 28.6 Å². The molecule has 0 radical (unpaired) electrons. The van der Waals surface area contributed by atoms with E-state index in [1.54, 1.807) is 0 Å². The minimum Gasteiger partial charge on any atom is -0.462 e. The number of carbonyl (C=O) groups is 3. The van der Waals surface area contributed by atoms with Gasteiger partial charge in [0.2, 0.25) is 0 Å². The van der Waals surface area contributed by atoms with Crippen molar-refractivity contribution in [2.75, 3.05) is 13.2 Å². The molecule has 0 amide bonds. The van der Waals surface area contributed by atoms with Crippen LogP contribution in [-0.4, -0.2) is 37.2 Å². The summed E-state index contributed by atoms with van der Waals surface area (Å²) in [6.45, 7) is 6.48. The highest BCUT2D eigenvalue weighted by atomic mass is 16.6. The first-order valence-corrected chi connectivity index (χ1v) is 34.2. The fourth-order valence-electron chi connectivity index (χ4n) is 9.25. The predicted molar refractivity (Wildman–Crippen MR) is 357 cm³/mol. The Bertz CT molecular complexity index is 1730. The molecule has 0 rings (SSSR count). The maximum atomic E-state index is 12.9. The monoisotopic (exact) mass is 1130 g/mol. The number of hydrogen-bond acceptors (Lipinski definition) is 6. The van der Waals surface area contributed by atoms with E-state index in [0.29, 0.717) is 19.3 Å². The number of rotatable bonds is 61. The lowest BCUT2D eigenvalue weighted by Crippen LogP contribution is -2.30. The number of allylic oxidation sites excluding steroid dienone is 22. The minimum atomic E-state index is -0.794. The Hall–Kier alpha value is -4.45. The van der Waals surface area contributed by atoms with Gasteiger partial charge in [-0.3, -0.25) is 14.4 Å². The van der Waals surface area contributed by atoms with Gasteiger partial charge in [-0.25, -0.2) is 0 Å². The van der Waals surface area contributed by atoms with Crippen LogP contribution in [0.25, 0.3) is 0 Å². The van der Waals surface area contributed by atoms with E-state index in [4.69, 9.17) is 14.2 Å². The van der Waals surface area contributed by atoms with Gasteiger partial charge in [-0.1, -0.05) is 283 Å². The lowest BCUT2D eigenvalue weighted by Gasteiger charge is -2.18. The van der Waals surface area contributed by atoms with Crippen LogP contribution in [0.3, 0.4) is 0 Å². The van der Waals surface area contributed by atoms with Gasteiger partial charge in [0, 0.05) is 19.3 Å². The number of hydrogen-bond donors (Lipinski definition) is 0. The minimum absolute atomic E-state index is 0.0900. The van der Waals surface area contributed by atoms with E-state index in [1.807, 2.05) is 0 Å². The van der Waals surface area contributed by atoms with Gasteiger partial charge in [-0.05, 0) is 141 Å². The van der Waals surface area contributed by atoms with Crippen LogP contribution in [0.15, 0.2) is 134 Å². The summed E-state index contributed by atoms with van der Waals surface area (Å²) in [6, 6.07) is 0. The molecule has 6 heteroatoms. The summed E-state index contributed by atoms with van der Waals surface area (Å²) in [6.07, 6.45) is 97.5. The van der Waals surface area contributed by atoms with Gasteiger partial charge >= 0.3 is 17.9 Å². The molecule has 0 aromatic rings. The van der Waals surface area contributed by atoms with Crippen molar-refractivity contribution in [3.05, 3.63) is 134 Å². The second kappa shape index (κ2) is 69.0. The molecule has 0 spiro atoms. The van der Waals surface area contributed by atoms with E-state index in [0.717, 1.165) is 148 Å². The molecule has 0 saturated heterocycles. The topological polar surface area (TPSA) is 78.9 Å². The normalized spacial score (nSPS) is 13.0. The van der Waals surface area contributed by atoms with E-state index in [9.17, 15) is 14.4 Å². The zero-order valence-corrected chi connectivity index (χ0v) is 53.5. The lowest BCUT2D eigenvalue weighted by molar-refractivity contribution is -0.167. The van der Waals surface area contributed by atoms with Crippen LogP contribution in [0.4, 0.5) is 0 Å². The second-order valence-corrected chi connectivity index (χ2v) is 22.3. The van der Waals surface area contributed by atoms with E-state index >= 15 is 0 Å². The van der Waals surface area contributed by atoms with Crippen molar-refractivity contribution >= 4 is 17.9 Å². The number of ether oxygens (including phenoxy) is 3. The second-order valence-electron chi connectivity index (χ2n) is 22.3. The lowest BCUT2D eigenvalue weighted by atomic mass is 10.1. The van der Waals surface area contributed by atoms with Gasteiger partial charge in [0.15, 0.2) is 6.10 Å². The van der Waals surface area contributed by atoms with Crippen molar-refractivity contribution in [2.45, 2.75) is 316 Å². The zero-order valence-electron chi connectivity index (χ0n) is 53.5. The quantitative estimate of drug-likeness (QED) is 0.0261. The fourth-order valence-corrected chi connectivity index (χ4v) is 9.25. The van der Waals surface area contributed by atoms with E-state index < -0.39 is 6.10 Å². The Labute approximate surface area is 506 Å². The first kappa shape index (κ1) is 77.5. The Balaban J connectivity index is 4.25. The molecule has 0 aromatic carbocycles. The third-order valence-corrected chi connectivity index (χ3v) is 14.4. The highest BCUT2D eigenvalue weighted by Crippen LogP contribution is 2.15. The van der Waals surface area contributed by atoms with Crippen molar-refractivity contribution in [1.82, 2.24) is 0 Å². The van der Waals surface area contributed by atoms with Crippen molar-refractivity contribution < 1.29 is 28.6 Å². The fraction of sp³-hybridized carbons (Fsp3) is 0.671. The van der Waals surface area contributed by atoms with Crippen molar-refractivity contribution in [1.29, 1.82) is 0 Å². The standard InChI is InChI=1S/C76H126O6/c1-4-7-10-13-16-19-22-25-28-29-30-31-32-33-34-35-36-37-38-39-40-41-42-43-44-45-46-47-49-51-54-57-60-63-66-69-75(78)81-72-73(71-80-74(77)68-65-62-59-56-53-50-27-24-21-18-15-12-9-6-3)82-76(79)70-67-64-61-58-55-52-48-26-23-20-17-14-11-8-5-2/h7,10,16-17,19-20,24-28,30-31,33-34,36-37,39-40,42-43,48,73H,4-6,8-9,11-15,18,21-23,29,32,35,38,41,44-47,49-72H2,1-3H3/b10-7-,19-16-,20-17-,27-24-,28-25-,31-30-,34-33-,37-36-,40-39-,43-42-,48-26-. The maximum absolute atomic E-state index is 12.9. The molecule has 82 heavy (non-hydrogen) atoms. The molecular formula is C76H126O6. The molecular weight excluding hydrogens is 1010 g/mol. The molecule has 0 bridgehead atoms. The SMILES string of the molecule is CC/C=C\C/C=C\C/C=C\C/C=C\C/C=C\C/C=C\C/C=C\C/C=C\CCCCCCCCCCCCC(=O)OCC(COC(=O)CCCCCCC/C=C\CCCCCCC)OC(=O)CCCCCCC/C=C\C/C=C\CCCCC. The molecule has 1 atom stereocenters. The van der Waals surface area contributed by atoms with Crippen molar-refractivity contribution in [2.24, 2.45) is 0 Å². The largest absolute Gasteiger partial charge is 0.462 e. The van der Waals surface area contributed by atoms with E-state index in [2.05, 4.69) is 154 Å². The third kappa shape index (κ3) is 66.4. The van der Waals surface area contributed by atoms with Gasteiger partial charge in [0.05, 0.1) is 0 Å². The molecule has 0 heterocycles. The molecule has 6 nitrogen and oxygen atoms in total. The molecule has 1 unspecified atom stereocenters. The van der Waals surface area contributed by atoms with Crippen LogP contribution in [0, 0.1) is 0 Å². The Morgan fingerprint density at radius 1 is 0.256 bits per heavy atom. The first-order chi connectivity index (χ1) is 40.5. The molecule has 0 fully saturated rings. The summed E-state index contributed by atoms with van der Waals surface area (Å²) in [4.78, 5) is 38.3. The summed E-state index contributed by atoms with van der Waals surface area (Å²) in [5.74, 6) is -0.911. The average Bonchev–Trinajstić information content (AvgIpc) is 3.48. The molecule has 466 valence electrons. The van der Waals surface area contributed by atoms with Crippen LogP contribution < -0.4 is 0 Å². The van der Waals surface area contributed by atoms with Crippen molar-refractivity contribution in [3.63, 3.8) is 0 Å². The third-order valence-electron chi connectivity index (χ3n) is 14.4. The summed E-state index contributed by atoms with van der Waals surface area (Å²) in [5, 5.41) is 0. The zero-order chi connectivity index (χ0) is 59.2. The first-order valence-electron chi connectivity index (χ1n) is 34.2. The highest BCUT2D eigenvalue weighted by molar-refractivity contribution is 5.71. The predicted octanol–water partition coefficient (Wildman–Crippen LogP) is 23.7. The molecule has 0 saturated carbocycles. The summed E-state index contributed by atoms with van der Waals surface area (Å²) >= 11 is 0. The number of carbonyl (C=O) groups excluding carboxylic acids is 3. The number of esters is 3. The Morgan fingerprint density at radius 2 is 0.476 bits per heavy atom. The van der Waals surface area contributed by atoms with Crippen LogP contribution >= 0.6 is 0 Å². The van der Waals surface area contributed by atoms with E-state index in [1.165, 1.54) is 122 Å². The van der Waals surface area contributed by atoms with Crippen LogP contribution in [0.5, 0.6) is 0 Å². The summed E-state index contributed by atoms with van der Waals surface area (Å²) in [5.41, 5.74) is 0. The van der Waals surface area contributed by atoms with Crippen LogP contribution in [0.2, 0.25) is 0 Å².